The Bertz CT molecular complexity index is 617. The fraction of sp³-hybridized carbons (Fsp3) is 0.385. The Morgan fingerprint density at radius 2 is 2.05 bits per heavy atom. The Balaban J connectivity index is 1.94. The predicted octanol–water partition coefficient (Wildman–Crippen LogP) is 1.73. The van der Waals surface area contributed by atoms with Crippen molar-refractivity contribution in [3.8, 4) is 22.9 Å². The lowest BCUT2D eigenvalue weighted by atomic mass is 9.97. The molecule has 1 unspecified atom stereocenters. The number of nitrogens with zero attached hydrogens (tertiary/aromatic N) is 2. The third kappa shape index (κ3) is 2.04. The third-order valence-corrected chi connectivity index (χ3v) is 3.55. The van der Waals surface area contributed by atoms with Gasteiger partial charge in [-0.3, -0.25) is 0 Å². The molecule has 1 atom stereocenters. The van der Waals surface area contributed by atoms with Crippen molar-refractivity contribution < 1.29 is 14.7 Å². The topological polar surface area (TPSA) is 105 Å². The van der Waals surface area contributed by atoms with Crippen LogP contribution in [0.1, 0.15) is 25.7 Å². The fourth-order valence-electron chi connectivity index (χ4n) is 2.08. The van der Waals surface area contributed by atoms with Crippen LogP contribution in [0.15, 0.2) is 22.7 Å². The Morgan fingerprint density at radius 3 is 2.68 bits per heavy atom. The highest BCUT2D eigenvalue weighted by molar-refractivity contribution is 5.60. The van der Waals surface area contributed by atoms with Crippen molar-refractivity contribution in [1.82, 2.24) is 10.1 Å². The summed E-state index contributed by atoms with van der Waals surface area (Å²) in [5, 5.41) is 22.6. The second-order valence-corrected chi connectivity index (χ2v) is 5.18. The van der Waals surface area contributed by atoms with Crippen LogP contribution < -0.4 is 5.73 Å². The number of benzene rings is 1. The van der Waals surface area contributed by atoms with Gasteiger partial charge in [0, 0.05) is 5.56 Å². The first-order valence-electron chi connectivity index (χ1n) is 6.14. The van der Waals surface area contributed by atoms with Gasteiger partial charge in [0.05, 0.1) is 5.54 Å². The van der Waals surface area contributed by atoms with E-state index < -0.39 is 5.54 Å². The number of hydrogen-bond donors (Lipinski definition) is 3. The van der Waals surface area contributed by atoms with E-state index in [0.717, 1.165) is 12.8 Å². The van der Waals surface area contributed by atoms with E-state index in [2.05, 4.69) is 10.1 Å². The molecule has 2 aromatic rings. The van der Waals surface area contributed by atoms with E-state index in [1.807, 2.05) is 6.92 Å². The summed E-state index contributed by atoms with van der Waals surface area (Å²) in [7, 11) is 0. The third-order valence-electron chi connectivity index (χ3n) is 3.55. The summed E-state index contributed by atoms with van der Waals surface area (Å²) in [6.07, 6.45) is 2.15. The van der Waals surface area contributed by atoms with Crippen molar-refractivity contribution in [2.24, 2.45) is 11.7 Å². The zero-order valence-corrected chi connectivity index (χ0v) is 10.5. The summed E-state index contributed by atoms with van der Waals surface area (Å²) in [5.41, 5.74) is 6.16. The molecule has 1 fully saturated rings. The molecule has 0 bridgehead atoms. The van der Waals surface area contributed by atoms with Crippen molar-refractivity contribution >= 4 is 0 Å². The quantitative estimate of drug-likeness (QED) is 0.727. The molecular weight excluding hydrogens is 246 g/mol. The van der Waals surface area contributed by atoms with Crippen LogP contribution in [0.2, 0.25) is 0 Å². The number of hydrogen-bond acceptors (Lipinski definition) is 6. The molecule has 0 amide bonds. The average molecular weight is 261 g/mol. The summed E-state index contributed by atoms with van der Waals surface area (Å²) >= 11 is 0. The van der Waals surface area contributed by atoms with E-state index in [1.165, 1.54) is 12.1 Å². The van der Waals surface area contributed by atoms with Crippen LogP contribution >= 0.6 is 0 Å². The van der Waals surface area contributed by atoms with Gasteiger partial charge in [0.1, 0.15) is 0 Å². The molecule has 4 N–H and O–H groups in total. The van der Waals surface area contributed by atoms with Gasteiger partial charge in [0.2, 0.25) is 11.7 Å². The Morgan fingerprint density at radius 1 is 1.32 bits per heavy atom. The Kier molecular flexibility index (Phi) is 2.50. The number of phenols is 2. The number of aromatic hydroxyl groups is 2. The highest BCUT2D eigenvalue weighted by Gasteiger charge is 2.43. The van der Waals surface area contributed by atoms with Crippen molar-refractivity contribution in [1.29, 1.82) is 0 Å². The molecule has 1 aromatic carbocycles. The van der Waals surface area contributed by atoms with Crippen molar-refractivity contribution in [3.05, 3.63) is 24.1 Å². The molecule has 0 aliphatic heterocycles. The molecule has 1 aliphatic rings. The second kappa shape index (κ2) is 3.96. The first kappa shape index (κ1) is 12.0. The maximum absolute atomic E-state index is 9.47. The molecule has 6 nitrogen and oxygen atoms in total. The van der Waals surface area contributed by atoms with E-state index in [0.29, 0.717) is 23.2 Å². The van der Waals surface area contributed by atoms with E-state index >= 15 is 0 Å². The minimum absolute atomic E-state index is 0.186. The lowest BCUT2D eigenvalue weighted by Gasteiger charge is -2.18. The first-order valence-corrected chi connectivity index (χ1v) is 6.14. The van der Waals surface area contributed by atoms with Gasteiger partial charge in [-0.25, -0.2) is 0 Å². The van der Waals surface area contributed by atoms with E-state index in [4.69, 9.17) is 10.3 Å². The molecule has 0 saturated heterocycles. The number of nitrogens with two attached hydrogens (primary N) is 1. The van der Waals surface area contributed by atoms with Gasteiger partial charge in [-0.1, -0.05) is 5.16 Å². The summed E-state index contributed by atoms with van der Waals surface area (Å²) in [4.78, 5) is 4.29. The fourth-order valence-corrected chi connectivity index (χ4v) is 2.08. The minimum atomic E-state index is -0.607. The molecule has 1 aliphatic carbocycles. The smallest absolute Gasteiger partial charge is 0.247 e. The highest BCUT2D eigenvalue weighted by Crippen LogP contribution is 2.43. The second-order valence-electron chi connectivity index (χ2n) is 5.18. The van der Waals surface area contributed by atoms with Crippen molar-refractivity contribution in [2.75, 3.05) is 0 Å². The van der Waals surface area contributed by atoms with Crippen LogP contribution in [-0.2, 0) is 5.54 Å². The van der Waals surface area contributed by atoms with E-state index in [1.54, 1.807) is 6.07 Å². The maximum atomic E-state index is 9.47. The zero-order chi connectivity index (χ0) is 13.6. The normalized spacial score (nSPS) is 18.2. The van der Waals surface area contributed by atoms with Crippen LogP contribution in [0.4, 0.5) is 0 Å². The molecule has 100 valence electrons. The number of rotatable bonds is 3. The van der Waals surface area contributed by atoms with Crippen LogP contribution in [0, 0.1) is 5.92 Å². The van der Waals surface area contributed by atoms with Gasteiger partial charge >= 0.3 is 0 Å². The summed E-state index contributed by atoms with van der Waals surface area (Å²) in [6, 6.07) is 4.37. The lowest BCUT2D eigenvalue weighted by Crippen LogP contribution is -2.35. The highest BCUT2D eigenvalue weighted by atomic mass is 16.5. The van der Waals surface area contributed by atoms with Crippen LogP contribution in [0.5, 0.6) is 11.5 Å². The summed E-state index contributed by atoms with van der Waals surface area (Å²) in [6.45, 7) is 1.89. The van der Waals surface area contributed by atoms with Gasteiger partial charge in [-0.15, -0.1) is 0 Å². The van der Waals surface area contributed by atoms with Gasteiger partial charge in [-0.2, -0.15) is 4.98 Å². The van der Waals surface area contributed by atoms with Crippen LogP contribution in [0.25, 0.3) is 11.4 Å². The number of phenolic OH excluding ortho intramolecular Hbond substituents is 2. The minimum Gasteiger partial charge on any atom is -0.504 e. The summed E-state index contributed by atoms with van der Waals surface area (Å²) < 4.78 is 5.23. The Hall–Kier alpha value is -2.08. The van der Waals surface area contributed by atoms with E-state index in [9.17, 15) is 10.2 Å². The predicted molar refractivity (Wildman–Crippen MR) is 67.3 cm³/mol. The van der Waals surface area contributed by atoms with E-state index in [-0.39, 0.29) is 11.5 Å². The van der Waals surface area contributed by atoms with Gasteiger partial charge in [0.25, 0.3) is 0 Å². The molecule has 19 heavy (non-hydrogen) atoms. The zero-order valence-electron chi connectivity index (χ0n) is 10.5. The molecule has 1 heterocycles. The van der Waals surface area contributed by atoms with Crippen molar-refractivity contribution in [2.45, 2.75) is 25.3 Å². The maximum Gasteiger partial charge on any atom is 0.247 e. The molecule has 0 radical (unpaired) electrons. The largest absolute Gasteiger partial charge is 0.504 e. The molecule has 0 spiro atoms. The molecule has 6 heteroatoms. The average Bonchev–Trinajstić information content (AvgIpc) is 3.11. The van der Waals surface area contributed by atoms with Gasteiger partial charge in [0.15, 0.2) is 11.5 Å². The van der Waals surface area contributed by atoms with Crippen LogP contribution in [-0.4, -0.2) is 20.4 Å². The molecule has 1 aromatic heterocycles. The molecular formula is C13H15N3O3. The Labute approximate surface area is 109 Å². The molecule has 3 rings (SSSR count). The summed E-state index contributed by atoms with van der Waals surface area (Å²) in [5.74, 6) is 0.727. The number of aromatic nitrogens is 2. The first-order chi connectivity index (χ1) is 8.98. The van der Waals surface area contributed by atoms with Gasteiger partial charge in [-0.05, 0) is 43.9 Å². The monoisotopic (exact) mass is 261 g/mol. The van der Waals surface area contributed by atoms with Crippen molar-refractivity contribution in [3.63, 3.8) is 0 Å². The van der Waals surface area contributed by atoms with Crippen LogP contribution in [0.3, 0.4) is 0 Å². The van der Waals surface area contributed by atoms with Gasteiger partial charge < -0.3 is 20.5 Å². The SMILES string of the molecule is CC(N)(c1nc(-c2ccc(O)c(O)c2)no1)C1CC1. The standard InChI is InChI=1S/C13H15N3O3/c1-13(14,8-3-4-8)12-15-11(16-19-12)7-2-5-9(17)10(18)6-7/h2,5-6,8,17-18H,3-4,14H2,1H3. The molecule has 1 saturated carbocycles. The lowest BCUT2D eigenvalue weighted by molar-refractivity contribution is 0.273.